The molecule has 0 spiro atoms. The fraction of sp³-hybridized carbons (Fsp3) is 0.423. The van der Waals surface area contributed by atoms with Crippen molar-refractivity contribution in [3.05, 3.63) is 176 Å². The van der Waals surface area contributed by atoms with Crippen LogP contribution in [0.15, 0.2) is 115 Å². The van der Waals surface area contributed by atoms with Crippen molar-refractivity contribution in [3.63, 3.8) is 0 Å². The molecule has 284 valence electrons. The summed E-state index contributed by atoms with van der Waals surface area (Å²) in [6.07, 6.45) is 5.38. The molecular weight excluding hydrogens is 672 g/mol. The van der Waals surface area contributed by atoms with Gasteiger partial charge in [0.1, 0.15) is 0 Å². The van der Waals surface area contributed by atoms with Gasteiger partial charge in [-0.1, -0.05) is 191 Å². The molecule has 0 amide bonds. The van der Waals surface area contributed by atoms with Gasteiger partial charge in [0, 0.05) is 30.3 Å². The largest absolute Gasteiger partial charge is 0.355 e. The van der Waals surface area contributed by atoms with Crippen molar-refractivity contribution in [3.8, 4) is 0 Å². The summed E-state index contributed by atoms with van der Waals surface area (Å²) < 4.78 is 7.03. The monoisotopic (exact) mass is 736 g/mol. The Morgan fingerprint density at radius 3 is 1.48 bits per heavy atom. The Bertz CT molecular complexity index is 2010. The van der Waals surface area contributed by atoms with Gasteiger partial charge in [0.05, 0.1) is 6.61 Å². The average molecular weight is 737 g/mol. The maximum atomic E-state index is 7.03. The molecule has 1 nitrogen and oxygen atoms in total. The second-order valence-corrected chi connectivity index (χ2v) is 20.6. The Kier molecular flexibility index (Phi) is 11.8. The van der Waals surface area contributed by atoms with Crippen molar-refractivity contribution in [2.45, 2.75) is 124 Å². The van der Waals surface area contributed by atoms with E-state index in [0.717, 1.165) is 31.6 Å². The molecule has 0 radical (unpaired) electrons. The molecule has 1 aliphatic heterocycles. The van der Waals surface area contributed by atoms with Crippen LogP contribution < -0.4 is 0 Å². The van der Waals surface area contributed by atoms with Crippen molar-refractivity contribution in [1.82, 2.24) is 0 Å². The van der Waals surface area contributed by atoms with Crippen molar-refractivity contribution < 1.29 is 4.52 Å². The lowest BCUT2D eigenvalue weighted by Crippen LogP contribution is -2.29. The lowest BCUT2D eigenvalue weighted by Gasteiger charge is -2.40. The van der Waals surface area contributed by atoms with Crippen molar-refractivity contribution in [2.24, 2.45) is 5.41 Å². The summed E-state index contributed by atoms with van der Waals surface area (Å²) in [5, 5.41) is 0. The van der Waals surface area contributed by atoms with E-state index < -0.39 is 8.15 Å². The molecule has 0 bridgehead atoms. The summed E-state index contributed by atoms with van der Waals surface area (Å²) in [6.45, 7) is 27.3. The van der Waals surface area contributed by atoms with Gasteiger partial charge < -0.3 is 4.52 Å². The summed E-state index contributed by atoms with van der Waals surface area (Å²) >= 11 is 0. The molecule has 0 aromatic heterocycles. The topological polar surface area (TPSA) is 9.23 Å². The van der Waals surface area contributed by atoms with Crippen molar-refractivity contribution in [1.29, 1.82) is 0 Å². The molecule has 0 fully saturated rings. The molecule has 1 heterocycles. The highest BCUT2D eigenvalue weighted by Crippen LogP contribution is 2.51. The minimum atomic E-state index is -0.530. The molecule has 5 aromatic carbocycles. The predicted molar refractivity (Wildman–Crippen MR) is 235 cm³/mol. The molecular formula is C52H65OP. The SMILES string of the molecule is CCc1cc(C(C)(C)c2ccccc2)cc2c1COP(CC)CCCc1c(cc(C(C)(C)c3ccccc3)cc1C(C)(C)c1ccccc1)C2C(C)(C)C. The quantitative estimate of drug-likeness (QED) is 0.144. The van der Waals surface area contributed by atoms with E-state index in [4.69, 9.17) is 4.52 Å². The summed E-state index contributed by atoms with van der Waals surface area (Å²) in [6, 6.07) is 43.8. The molecule has 0 saturated heterocycles. The summed E-state index contributed by atoms with van der Waals surface area (Å²) in [5.74, 6) is 0.158. The third kappa shape index (κ3) is 7.92. The minimum absolute atomic E-state index is 0.0722. The molecule has 2 unspecified atom stereocenters. The zero-order valence-electron chi connectivity index (χ0n) is 35.1. The zero-order chi connectivity index (χ0) is 38.9. The maximum absolute atomic E-state index is 7.03. The van der Waals surface area contributed by atoms with Crippen LogP contribution in [0, 0.1) is 5.41 Å². The average Bonchev–Trinajstić information content (AvgIpc) is 3.19. The van der Waals surface area contributed by atoms with E-state index in [1.54, 1.807) is 5.56 Å². The zero-order valence-corrected chi connectivity index (χ0v) is 36.0. The highest BCUT2D eigenvalue weighted by molar-refractivity contribution is 7.52. The third-order valence-corrected chi connectivity index (χ3v) is 14.7. The molecule has 1 aliphatic rings. The van der Waals surface area contributed by atoms with Crippen LogP contribution >= 0.6 is 8.15 Å². The van der Waals surface area contributed by atoms with Crippen molar-refractivity contribution in [2.75, 3.05) is 12.3 Å². The fourth-order valence-electron chi connectivity index (χ4n) is 9.07. The van der Waals surface area contributed by atoms with E-state index in [1.165, 1.54) is 55.6 Å². The van der Waals surface area contributed by atoms with Crippen LogP contribution in [0.2, 0.25) is 0 Å². The maximum Gasteiger partial charge on any atom is 0.0765 e. The van der Waals surface area contributed by atoms with E-state index in [0.29, 0.717) is 6.61 Å². The van der Waals surface area contributed by atoms with Crippen LogP contribution in [-0.2, 0) is 40.2 Å². The summed E-state index contributed by atoms with van der Waals surface area (Å²) in [4.78, 5) is 0. The molecule has 5 aromatic rings. The summed E-state index contributed by atoms with van der Waals surface area (Å²) in [7, 11) is -0.530. The highest BCUT2D eigenvalue weighted by Gasteiger charge is 2.39. The summed E-state index contributed by atoms with van der Waals surface area (Å²) in [5.41, 5.74) is 15.0. The smallest absolute Gasteiger partial charge is 0.0765 e. The van der Waals surface area contributed by atoms with E-state index in [-0.39, 0.29) is 27.6 Å². The van der Waals surface area contributed by atoms with Gasteiger partial charge >= 0.3 is 0 Å². The van der Waals surface area contributed by atoms with Crippen molar-refractivity contribution >= 4 is 8.15 Å². The van der Waals surface area contributed by atoms with Gasteiger partial charge in [-0.15, -0.1) is 0 Å². The van der Waals surface area contributed by atoms with Crippen LogP contribution in [0.4, 0.5) is 0 Å². The van der Waals surface area contributed by atoms with Crippen LogP contribution in [0.25, 0.3) is 0 Å². The Morgan fingerprint density at radius 1 is 0.556 bits per heavy atom. The molecule has 0 N–H and O–H groups in total. The van der Waals surface area contributed by atoms with Gasteiger partial charge in [0.2, 0.25) is 0 Å². The molecule has 0 saturated carbocycles. The molecule has 54 heavy (non-hydrogen) atoms. The Hall–Kier alpha value is -3.51. The minimum Gasteiger partial charge on any atom is -0.355 e. The number of hydrogen-bond donors (Lipinski definition) is 0. The van der Waals surface area contributed by atoms with Gasteiger partial charge in [0.25, 0.3) is 0 Å². The second kappa shape index (κ2) is 15.9. The molecule has 2 atom stereocenters. The Morgan fingerprint density at radius 2 is 1.02 bits per heavy atom. The van der Waals surface area contributed by atoms with Crippen LogP contribution in [-0.4, -0.2) is 12.3 Å². The van der Waals surface area contributed by atoms with Crippen LogP contribution in [0.5, 0.6) is 0 Å². The number of rotatable bonds is 8. The number of aryl methyl sites for hydroxylation is 1. The fourth-order valence-corrected chi connectivity index (χ4v) is 10.5. The highest BCUT2D eigenvalue weighted by atomic mass is 31.1. The van der Waals surface area contributed by atoms with Gasteiger partial charge in [-0.2, -0.15) is 0 Å². The molecule has 6 rings (SSSR count). The van der Waals surface area contributed by atoms with E-state index in [1.807, 2.05) is 0 Å². The normalized spacial score (nSPS) is 17.3. The lowest BCUT2D eigenvalue weighted by atomic mass is 9.64. The lowest BCUT2D eigenvalue weighted by molar-refractivity contribution is 0.325. The number of hydrogen-bond acceptors (Lipinski definition) is 1. The van der Waals surface area contributed by atoms with Gasteiger partial charge in [0.15, 0.2) is 0 Å². The van der Waals surface area contributed by atoms with E-state index in [2.05, 4.69) is 191 Å². The first-order valence-corrected chi connectivity index (χ1v) is 22.1. The molecule has 0 aliphatic carbocycles. The first-order chi connectivity index (χ1) is 25.6. The van der Waals surface area contributed by atoms with Crippen LogP contribution in [0.1, 0.15) is 150 Å². The third-order valence-electron chi connectivity index (χ3n) is 12.7. The van der Waals surface area contributed by atoms with Crippen LogP contribution in [0.3, 0.4) is 0 Å². The second-order valence-electron chi connectivity index (χ2n) is 18.3. The molecule has 2 heteroatoms. The number of benzene rings is 5. The first kappa shape index (κ1) is 40.2. The predicted octanol–water partition coefficient (Wildman–Crippen LogP) is 14.3. The number of fused-ring (bicyclic) bond motifs is 2. The Balaban J connectivity index is 1.75. The Labute approximate surface area is 329 Å². The van der Waals surface area contributed by atoms with Gasteiger partial charge in [-0.05, 0) is 98.2 Å². The standard InChI is InChI=1S/C52H65OP/c1-12-37-32-41(50(6,7)38-24-17-14-18-25-38)33-45-46(37)36-53-54(13-2)31-23-30-43-44(48(45)49(3,4)5)34-42(51(8,9)39-26-19-15-20-27-39)35-47(43)52(10,11)40-28-21-16-22-29-40/h14-22,24-29,32-35,48H,12-13,23,30-31,36H2,1-11H3. The van der Waals surface area contributed by atoms with Gasteiger partial charge in [-0.3, -0.25) is 0 Å². The first-order valence-electron chi connectivity index (χ1n) is 20.5. The van der Waals surface area contributed by atoms with Gasteiger partial charge in [-0.25, -0.2) is 0 Å². The van der Waals surface area contributed by atoms with E-state index >= 15 is 0 Å². The van der Waals surface area contributed by atoms with E-state index in [9.17, 15) is 0 Å².